The number of methoxy groups -OCH3 is 2. The minimum Gasteiger partial charge on any atom is -0.497 e. The van der Waals surface area contributed by atoms with Crippen molar-refractivity contribution in [2.75, 3.05) is 39.2 Å². The fourth-order valence-corrected chi connectivity index (χ4v) is 6.31. The van der Waals surface area contributed by atoms with E-state index in [-0.39, 0.29) is 36.1 Å². The third-order valence-corrected chi connectivity index (χ3v) is 8.40. The van der Waals surface area contributed by atoms with Crippen LogP contribution in [0.15, 0.2) is 23.1 Å². The number of anilines is 1. The average molecular weight is 508 g/mol. The Morgan fingerprint density at radius 2 is 1.71 bits per heavy atom. The van der Waals surface area contributed by atoms with Crippen molar-refractivity contribution in [2.45, 2.75) is 38.5 Å². The Kier molecular flexibility index (Phi) is 8.11. The fourth-order valence-electron chi connectivity index (χ4n) is 4.30. The van der Waals surface area contributed by atoms with Crippen molar-refractivity contribution in [3.63, 3.8) is 0 Å². The van der Waals surface area contributed by atoms with Crippen molar-refractivity contribution in [1.82, 2.24) is 8.87 Å². The van der Waals surface area contributed by atoms with Crippen LogP contribution in [-0.4, -0.2) is 63.1 Å². The van der Waals surface area contributed by atoms with Gasteiger partial charge in [-0.1, -0.05) is 0 Å². The number of aromatic nitrogens is 1. The van der Waals surface area contributed by atoms with Crippen molar-refractivity contribution in [3.8, 4) is 11.5 Å². The molecule has 2 heterocycles. The average Bonchev–Trinajstić information content (AvgIpc) is 3.08. The van der Waals surface area contributed by atoms with Crippen LogP contribution in [0.5, 0.6) is 11.5 Å². The maximum Gasteiger partial charge on any atom is 0.341 e. The monoisotopic (exact) mass is 507 g/mol. The van der Waals surface area contributed by atoms with E-state index in [1.54, 1.807) is 50.6 Å². The number of benzene rings is 1. The van der Waals surface area contributed by atoms with E-state index in [1.807, 2.05) is 0 Å². The van der Waals surface area contributed by atoms with Gasteiger partial charge in [-0.05, 0) is 33.6 Å². The van der Waals surface area contributed by atoms with Crippen molar-refractivity contribution in [2.24, 2.45) is 13.0 Å². The number of hydrogen-bond donors (Lipinski definition) is 1. The lowest BCUT2D eigenvalue weighted by Crippen LogP contribution is -2.44. The Labute approximate surface area is 206 Å². The van der Waals surface area contributed by atoms with E-state index in [4.69, 9.17) is 14.2 Å². The lowest BCUT2D eigenvalue weighted by atomic mass is 9.98. The van der Waals surface area contributed by atoms with Gasteiger partial charge in [-0.25, -0.2) is 13.2 Å². The maximum atomic E-state index is 13.7. The normalized spacial score (nSPS) is 16.6. The molecule has 1 aromatic heterocycles. The maximum absolute atomic E-state index is 13.7. The summed E-state index contributed by atoms with van der Waals surface area (Å²) < 4.78 is 46.1. The van der Waals surface area contributed by atoms with Crippen LogP contribution in [0.4, 0.5) is 5.69 Å². The van der Waals surface area contributed by atoms with Crippen molar-refractivity contribution in [1.29, 1.82) is 0 Å². The summed E-state index contributed by atoms with van der Waals surface area (Å²) in [6.07, 6.45) is 1.05. The number of nitrogens with zero attached hydrogens (tertiary/aromatic N) is 2. The zero-order valence-electron chi connectivity index (χ0n) is 21.0. The zero-order chi connectivity index (χ0) is 25.9. The highest BCUT2D eigenvalue weighted by Crippen LogP contribution is 2.33. The van der Waals surface area contributed by atoms with Gasteiger partial charge in [-0.2, -0.15) is 4.31 Å². The van der Waals surface area contributed by atoms with E-state index in [2.05, 4.69) is 5.32 Å². The summed E-state index contributed by atoms with van der Waals surface area (Å²) in [4.78, 5) is 25.7. The molecule has 2 aromatic rings. The van der Waals surface area contributed by atoms with Crippen molar-refractivity contribution in [3.05, 3.63) is 35.2 Å². The molecule has 0 bridgehead atoms. The highest BCUT2D eigenvalue weighted by atomic mass is 32.2. The third kappa shape index (κ3) is 5.30. The van der Waals surface area contributed by atoms with Crippen LogP contribution in [-0.2, 0) is 26.6 Å². The highest BCUT2D eigenvalue weighted by Gasteiger charge is 2.39. The molecule has 0 saturated carbocycles. The standard InChI is InChI=1S/C24H33N3O7S/c1-7-34-24(29)21-15(2)26(4)16(3)22(21)35(30,31)27-10-8-9-17(14-27)23(28)25-18-11-19(32-5)13-20(12-18)33-6/h11-13,17H,7-10,14H2,1-6H3,(H,25,28). The van der Waals surface area contributed by atoms with E-state index in [0.29, 0.717) is 41.4 Å². The smallest absolute Gasteiger partial charge is 0.341 e. The lowest BCUT2D eigenvalue weighted by molar-refractivity contribution is -0.120. The number of ether oxygens (including phenoxy) is 3. The first-order valence-corrected chi connectivity index (χ1v) is 12.9. The Hall–Kier alpha value is -3.05. The molecule has 11 heteroatoms. The number of carbonyl (C=O) groups excluding carboxylic acids is 2. The molecule has 1 atom stereocenters. The number of amides is 1. The second-order valence-electron chi connectivity index (χ2n) is 8.45. The summed E-state index contributed by atoms with van der Waals surface area (Å²) in [5.41, 5.74) is 1.49. The van der Waals surface area contributed by atoms with Crippen LogP contribution in [0.2, 0.25) is 0 Å². The molecule has 35 heavy (non-hydrogen) atoms. The molecule has 1 unspecified atom stereocenters. The number of nitrogens with one attached hydrogen (secondary N) is 1. The molecule has 1 amide bonds. The summed E-state index contributed by atoms with van der Waals surface area (Å²) in [6.45, 7) is 5.41. The summed E-state index contributed by atoms with van der Waals surface area (Å²) in [5.74, 6) is -0.493. The number of hydrogen-bond acceptors (Lipinski definition) is 7. The van der Waals surface area contributed by atoms with E-state index >= 15 is 0 Å². The molecule has 192 valence electrons. The second-order valence-corrected chi connectivity index (χ2v) is 10.3. The topological polar surface area (TPSA) is 116 Å². The third-order valence-electron chi connectivity index (χ3n) is 6.38. The van der Waals surface area contributed by atoms with Gasteiger partial charge in [-0.15, -0.1) is 0 Å². The number of sulfonamides is 1. The van der Waals surface area contributed by atoms with Gasteiger partial charge in [-0.3, -0.25) is 4.79 Å². The predicted molar refractivity (Wildman–Crippen MR) is 131 cm³/mol. The Morgan fingerprint density at radius 3 is 2.29 bits per heavy atom. The van der Waals surface area contributed by atoms with Crippen molar-refractivity contribution < 1.29 is 32.2 Å². The molecule has 1 saturated heterocycles. The minimum atomic E-state index is -4.06. The summed E-state index contributed by atoms with van der Waals surface area (Å²) in [6, 6.07) is 5.02. The Morgan fingerprint density at radius 1 is 1.09 bits per heavy atom. The van der Waals surface area contributed by atoms with Crippen LogP contribution < -0.4 is 14.8 Å². The Bertz CT molecular complexity index is 1200. The quantitative estimate of drug-likeness (QED) is 0.546. The first-order chi connectivity index (χ1) is 16.5. The van der Waals surface area contributed by atoms with E-state index in [0.717, 1.165) is 0 Å². The number of carbonyl (C=O) groups is 2. The van der Waals surface area contributed by atoms with E-state index < -0.39 is 21.9 Å². The van der Waals surface area contributed by atoms with Gasteiger partial charge in [0.2, 0.25) is 15.9 Å². The molecular formula is C24H33N3O7S. The van der Waals surface area contributed by atoms with Crippen LogP contribution in [0, 0.1) is 19.8 Å². The van der Waals surface area contributed by atoms with Gasteiger partial charge in [0.05, 0.1) is 26.7 Å². The molecule has 3 rings (SSSR count). The van der Waals surface area contributed by atoms with Crippen molar-refractivity contribution >= 4 is 27.6 Å². The highest BCUT2D eigenvalue weighted by molar-refractivity contribution is 7.89. The summed E-state index contributed by atoms with van der Waals surface area (Å²) in [5, 5.41) is 2.85. The van der Waals surface area contributed by atoms with Gasteiger partial charge in [0.25, 0.3) is 0 Å². The lowest BCUT2D eigenvalue weighted by Gasteiger charge is -2.31. The van der Waals surface area contributed by atoms with Gasteiger partial charge < -0.3 is 24.1 Å². The molecular weight excluding hydrogens is 474 g/mol. The summed E-state index contributed by atoms with van der Waals surface area (Å²) in [7, 11) is 0.684. The number of rotatable bonds is 8. The largest absolute Gasteiger partial charge is 0.497 e. The van der Waals surface area contributed by atoms with E-state index in [9.17, 15) is 18.0 Å². The van der Waals surface area contributed by atoms with Crippen LogP contribution in [0.1, 0.15) is 41.5 Å². The molecule has 1 aromatic carbocycles. The second kappa shape index (κ2) is 10.7. The summed E-state index contributed by atoms with van der Waals surface area (Å²) >= 11 is 0. The van der Waals surface area contributed by atoms with Crippen LogP contribution in [0.25, 0.3) is 0 Å². The molecule has 0 spiro atoms. The van der Waals surface area contributed by atoms with Gasteiger partial charge in [0.15, 0.2) is 0 Å². The number of esters is 1. The van der Waals surface area contributed by atoms with Crippen LogP contribution in [0.3, 0.4) is 0 Å². The predicted octanol–water partition coefficient (Wildman–Crippen LogP) is 2.88. The van der Waals surface area contributed by atoms with E-state index in [1.165, 1.54) is 18.5 Å². The minimum absolute atomic E-state index is 0.00488. The molecule has 10 nitrogen and oxygen atoms in total. The molecule has 0 radical (unpaired) electrons. The molecule has 0 aliphatic carbocycles. The molecule has 1 aliphatic heterocycles. The number of piperidine rings is 1. The zero-order valence-corrected chi connectivity index (χ0v) is 21.8. The molecule has 1 aliphatic rings. The first-order valence-electron chi connectivity index (χ1n) is 11.4. The molecule has 1 fully saturated rings. The fraction of sp³-hybridized carbons (Fsp3) is 0.500. The van der Waals surface area contributed by atoms with Gasteiger partial charge in [0.1, 0.15) is 22.0 Å². The van der Waals surface area contributed by atoms with Gasteiger partial charge in [0, 0.05) is 55.4 Å². The Balaban J connectivity index is 1.87. The first kappa shape index (κ1) is 26.6. The van der Waals surface area contributed by atoms with Gasteiger partial charge >= 0.3 is 5.97 Å². The van der Waals surface area contributed by atoms with Crippen LogP contribution >= 0.6 is 0 Å². The molecule has 1 N–H and O–H groups in total. The SMILES string of the molecule is CCOC(=O)c1c(S(=O)(=O)N2CCCC(C(=O)Nc3cc(OC)cc(OC)c3)C2)c(C)n(C)c1C.